The van der Waals surface area contributed by atoms with Crippen LogP contribution < -0.4 is 4.90 Å². The number of piperidine rings is 2. The van der Waals surface area contributed by atoms with E-state index in [4.69, 9.17) is 0 Å². The summed E-state index contributed by atoms with van der Waals surface area (Å²) in [4.78, 5) is 25.8. The average Bonchev–Trinajstić information content (AvgIpc) is 3.09. The van der Waals surface area contributed by atoms with E-state index in [1.807, 2.05) is 24.8 Å². The quantitative estimate of drug-likeness (QED) is 0.832. The smallest absolute Gasteiger partial charge is 0.275 e. The normalized spacial score (nSPS) is 25.8. The molecule has 8 nitrogen and oxygen atoms in total. The van der Waals surface area contributed by atoms with Crippen molar-refractivity contribution in [2.45, 2.75) is 39.2 Å². The SMILES string of the molecule is Cc1ccnc(N2CC[C@@H](O)[C@]3(CCCN(C(=O)c4nsnc4C)C3)C2)n1. The lowest BCUT2D eigenvalue weighted by Crippen LogP contribution is -2.60. The van der Waals surface area contributed by atoms with Crippen molar-refractivity contribution < 1.29 is 9.90 Å². The minimum absolute atomic E-state index is 0.0866. The van der Waals surface area contributed by atoms with Crippen LogP contribution in [-0.2, 0) is 0 Å². The highest BCUT2D eigenvalue weighted by atomic mass is 32.1. The van der Waals surface area contributed by atoms with Crippen molar-refractivity contribution in [3.05, 3.63) is 29.3 Å². The molecule has 2 fully saturated rings. The van der Waals surface area contributed by atoms with Crippen molar-refractivity contribution >= 4 is 23.6 Å². The number of anilines is 1. The number of carbonyl (C=O) groups is 1. The fourth-order valence-corrected chi connectivity index (χ4v) is 4.76. The van der Waals surface area contributed by atoms with E-state index >= 15 is 0 Å². The van der Waals surface area contributed by atoms with Crippen LogP contribution >= 0.6 is 11.7 Å². The molecule has 4 heterocycles. The second-order valence-electron chi connectivity index (χ2n) is 7.61. The Morgan fingerprint density at radius 3 is 2.89 bits per heavy atom. The van der Waals surface area contributed by atoms with Gasteiger partial charge in [0.25, 0.3) is 5.91 Å². The molecule has 1 N–H and O–H groups in total. The zero-order valence-corrected chi connectivity index (χ0v) is 16.4. The molecular formula is C18H24N6O2S. The van der Waals surface area contributed by atoms with Crippen LogP contribution in [0.3, 0.4) is 0 Å². The first kappa shape index (κ1) is 18.2. The van der Waals surface area contributed by atoms with Crippen molar-refractivity contribution in [2.24, 2.45) is 5.41 Å². The maximum atomic E-state index is 12.9. The van der Waals surface area contributed by atoms with E-state index in [0.29, 0.717) is 43.4 Å². The van der Waals surface area contributed by atoms with Gasteiger partial charge in [-0.2, -0.15) is 8.75 Å². The maximum Gasteiger partial charge on any atom is 0.275 e. The Morgan fingerprint density at radius 2 is 2.15 bits per heavy atom. The fraction of sp³-hybridized carbons (Fsp3) is 0.611. The predicted octanol–water partition coefficient (Wildman–Crippen LogP) is 1.44. The monoisotopic (exact) mass is 388 g/mol. The Hall–Kier alpha value is -2.13. The molecule has 0 radical (unpaired) electrons. The summed E-state index contributed by atoms with van der Waals surface area (Å²) in [5.74, 6) is 0.612. The summed E-state index contributed by atoms with van der Waals surface area (Å²) in [6.45, 7) is 6.33. The van der Waals surface area contributed by atoms with Crippen LogP contribution in [0.4, 0.5) is 5.95 Å². The third-order valence-corrected chi connectivity index (χ3v) is 6.32. The van der Waals surface area contributed by atoms with Gasteiger partial charge in [-0.1, -0.05) is 0 Å². The second-order valence-corrected chi connectivity index (χ2v) is 8.14. The average molecular weight is 388 g/mol. The van der Waals surface area contributed by atoms with Crippen LogP contribution in [0.5, 0.6) is 0 Å². The van der Waals surface area contributed by atoms with E-state index in [2.05, 4.69) is 23.6 Å². The Kier molecular flexibility index (Phi) is 4.81. The van der Waals surface area contributed by atoms with E-state index < -0.39 is 6.10 Å². The zero-order valence-electron chi connectivity index (χ0n) is 15.6. The molecule has 2 aliphatic rings. The number of carbonyl (C=O) groups excluding carboxylic acids is 1. The number of amides is 1. The number of likely N-dealkylation sites (tertiary alicyclic amines) is 1. The number of nitrogens with zero attached hydrogens (tertiary/aromatic N) is 6. The van der Waals surface area contributed by atoms with Gasteiger partial charge in [-0.25, -0.2) is 9.97 Å². The molecule has 2 atom stereocenters. The Bertz CT molecular complexity index is 843. The molecule has 2 aromatic rings. The lowest BCUT2D eigenvalue weighted by molar-refractivity contribution is -0.0365. The highest BCUT2D eigenvalue weighted by molar-refractivity contribution is 6.99. The van der Waals surface area contributed by atoms with Gasteiger partial charge in [-0.3, -0.25) is 4.79 Å². The molecule has 0 bridgehead atoms. The third-order valence-electron chi connectivity index (χ3n) is 5.70. The lowest BCUT2D eigenvalue weighted by atomic mass is 9.71. The molecule has 2 saturated heterocycles. The highest BCUT2D eigenvalue weighted by Gasteiger charge is 2.47. The Labute approximate surface area is 162 Å². The molecule has 144 valence electrons. The molecule has 0 saturated carbocycles. The summed E-state index contributed by atoms with van der Waals surface area (Å²) in [6, 6.07) is 1.88. The predicted molar refractivity (Wildman–Crippen MR) is 102 cm³/mol. The minimum Gasteiger partial charge on any atom is -0.392 e. The highest BCUT2D eigenvalue weighted by Crippen LogP contribution is 2.40. The second kappa shape index (κ2) is 7.12. The molecule has 0 aliphatic carbocycles. The molecule has 9 heteroatoms. The Morgan fingerprint density at radius 1 is 1.30 bits per heavy atom. The number of hydrogen-bond donors (Lipinski definition) is 1. The largest absolute Gasteiger partial charge is 0.392 e. The van der Waals surface area contributed by atoms with Gasteiger partial charge in [0.15, 0.2) is 5.69 Å². The van der Waals surface area contributed by atoms with Crippen molar-refractivity contribution in [3.8, 4) is 0 Å². The first-order valence-corrected chi connectivity index (χ1v) is 10.0. The molecule has 1 spiro atoms. The van der Waals surface area contributed by atoms with Gasteiger partial charge >= 0.3 is 0 Å². The zero-order chi connectivity index (χ0) is 19.0. The van der Waals surface area contributed by atoms with Gasteiger partial charge < -0.3 is 14.9 Å². The lowest BCUT2D eigenvalue weighted by Gasteiger charge is -2.50. The molecular weight excluding hydrogens is 364 g/mol. The standard InChI is InChI=1S/C18H24N6O2S/c1-12-4-7-19-17(20-12)24-9-5-14(25)18(11-24)6-3-8-23(10-18)16(26)15-13(2)21-27-22-15/h4,7,14,25H,3,5-6,8-11H2,1-2H3/t14-,18+/m1/s1. The van der Waals surface area contributed by atoms with E-state index in [1.54, 1.807) is 6.20 Å². The number of aliphatic hydroxyl groups excluding tert-OH is 1. The third kappa shape index (κ3) is 3.41. The summed E-state index contributed by atoms with van der Waals surface area (Å²) >= 11 is 1.06. The summed E-state index contributed by atoms with van der Waals surface area (Å²) in [6.07, 6.45) is 3.72. The minimum atomic E-state index is -0.441. The summed E-state index contributed by atoms with van der Waals surface area (Å²) in [7, 11) is 0. The van der Waals surface area contributed by atoms with Crippen LogP contribution in [0, 0.1) is 19.3 Å². The molecule has 2 aliphatic heterocycles. The molecule has 2 aromatic heterocycles. The number of rotatable bonds is 2. The van der Waals surface area contributed by atoms with Crippen LogP contribution in [0.15, 0.2) is 12.3 Å². The topological polar surface area (TPSA) is 95.3 Å². The summed E-state index contributed by atoms with van der Waals surface area (Å²) in [5.41, 5.74) is 1.66. The van der Waals surface area contributed by atoms with Crippen LogP contribution in [0.25, 0.3) is 0 Å². The fourth-order valence-electron chi connectivity index (χ4n) is 4.22. The van der Waals surface area contributed by atoms with Crippen LogP contribution in [-0.4, -0.2) is 66.9 Å². The van der Waals surface area contributed by atoms with Crippen LogP contribution in [0.1, 0.15) is 41.1 Å². The van der Waals surface area contributed by atoms with Crippen molar-refractivity contribution in [2.75, 3.05) is 31.1 Å². The van der Waals surface area contributed by atoms with Crippen molar-refractivity contribution in [1.82, 2.24) is 23.6 Å². The number of aliphatic hydroxyl groups is 1. The Balaban J connectivity index is 1.56. The van der Waals surface area contributed by atoms with E-state index in [1.165, 1.54) is 0 Å². The maximum absolute atomic E-state index is 12.9. The molecule has 1 amide bonds. The molecule has 0 unspecified atom stereocenters. The van der Waals surface area contributed by atoms with E-state index in [9.17, 15) is 9.90 Å². The van der Waals surface area contributed by atoms with Gasteiger partial charge in [-0.05, 0) is 39.2 Å². The number of aromatic nitrogens is 4. The number of aryl methyl sites for hydroxylation is 2. The molecule has 27 heavy (non-hydrogen) atoms. The molecule has 4 rings (SSSR count). The summed E-state index contributed by atoms with van der Waals surface area (Å²) in [5, 5.41) is 10.9. The van der Waals surface area contributed by atoms with Gasteiger partial charge in [0.05, 0.1) is 23.5 Å². The molecule has 0 aromatic carbocycles. The van der Waals surface area contributed by atoms with Gasteiger partial charge in [0, 0.05) is 43.5 Å². The van der Waals surface area contributed by atoms with Crippen molar-refractivity contribution in [3.63, 3.8) is 0 Å². The van der Waals surface area contributed by atoms with Gasteiger partial charge in [0.2, 0.25) is 5.95 Å². The summed E-state index contributed by atoms with van der Waals surface area (Å²) < 4.78 is 8.28. The van der Waals surface area contributed by atoms with Gasteiger partial charge in [0.1, 0.15) is 0 Å². The number of hydrogen-bond acceptors (Lipinski definition) is 8. The first-order valence-electron chi connectivity index (χ1n) is 9.30. The van der Waals surface area contributed by atoms with E-state index in [0.717, 1.165) is 36.8 Å². The van der Waals surface area contributed by atoms with Gasteiger partial charge in [-0.15, -0.1) is 0 Å². The van der Waals surface area contributed by atoms with Crippen molar-refractivity contribution in [1.29, 1.82) is 0 Å². The van der Waals surface area contributed by atoms with Crippen LogP contribution in [0.2, 0.25) is 0 Å². The van der Waals surface area contributed by atoms with E-state index in [-0.39, 0.29) is 11.3 Å². The first-order chi connectivity index (χ1) is 13.0.